The molecule has 0 bridgehead atoms. The van der Waals surface area contributed by atoms with E-state index in [0.717, 1.165) is 19.3 Å². The molecule has 0 radical (unpaired) electrons. The van der Waals surface area contributed by atoms with Crippen LogP contribution in [0.15, 0.2) is 0 Å². The monoisotopic (exact) mass is 257 g/mol. The number of carbonyl (C=O) groups is 2. The van der Waals surface area contributed by atoms with Crippen LogP contribution in [0.25, 0.3) is 0 Å². The summed E-state index contributed by atoms with van der Waals surface area (Å²) in [5.41, 5.74) is -0.242. The maximum Gasteiger partial charge on any atom is 0.303 e. The summed E-state index contributed by atoms with van der Waals surface area (Å²) in [5, 5.41) is 11.4. The molecule has 1 amide bonds. The molecule has 0 aromatic heterocycles. The number of hydrogen-bond acceptors (Lipinski definition) is 3. The molecule has 1 saturated carbocycles. The number of rotatable bonds is 8. The molecule has 0 spiro atoms. The van der Waals surface area contributed by atoms with Crippen LogP contribution in [0.4, 0.5) is 0 Å². The summed E-state index contributed by atoms with van der Waals surface area (Å²) >= 11 is 0. The molecule has 1 fully saturated rings. The van der Waals surface area contributed by atoms with Gasteiger partial charge in [0, 0.05) is 20.1 Å². The Kier molecular flexibility index (Phi) is 5.59. The summed E-state index contributed by atoms with van der Waals surface area (Å²) in [6.45, 7) is 2.48. The minimum Gasteiger partial charge on any atom is -0.481 e. The van der Waals surface area contributed by atoms with Crippen LogP contribution < -0.4 is 5.32 Å². The van der Waals surface area contributed by atoms with Crippen molar-refractivity contribution < 1.29 is 19.4 Å². The van der Waals surface area contributed by atoms with Crippen molar-refractivity contribution >= 4 is 11.9 Å². The average molecular weight is 257 g/mol. The fourth-order valence-electron chi connectivity index (χ4n) is 2.14. The van der Waals surface area contributed by atoms with E-state index in [0.29, 0.717) is 19.4 Å². The fraction of sp³-hybridized carbons (Fsp3) is 0.846. The Balaban J connectivity index is 2.18. The van der Waals surface area contributed by atoms with E-state index < -0.39 is 5.97 Å². The van der Waals surface area contributed by atoms with Crippen molar-refractivity contribution in [2.75, 3.05) is 13.7 Å². The number of aliphatic carboxylic acids is 1. The van der Waals surface area contributed by atoms with Gasteiger partial charge in [-0.15, -0.1) is 0 Å². The van der Waals surface area contributed by atoms with Crippen LogP contribution >= 0.6 is 0 Å². The molecule has 0 aromatic rings. The van der Waals surface area contributed by atoms with E-state index in [1.165, 1.54) is 0 Å². The topological polar surface area (TPSA) is 75.6 Å². The normalized spacial score (nSPS) is 18.8. The van der Waals surface area contributed by atoms with Crippen molar-refractivity contribution in [1.29, 1.82) is 0 Å². The van der Waals surface area contributed by atoms with Crippen molar-refractivity contribution in [2.45, 2.75) is 51.0 Å². The largest absolute Gasteiger partial charge is 0.481 e. The zero-order valence-corrected chi connectivity index (χ0v) is 11.2. The standard InChI is InChI=1S/C13H23NO4/c1-10(4-5-12(16)17)9-14-11(15)8-13(18-2)6-3-7-13/h10H,3-9H2,1-2H3,(H,14,15)(H,16,17). The molecule has 1 unspecified atom stereocenters. The Morgan fingerprint density at radius 3 is 2.56 bits per heavy atom. The molecular weight excluding hydrogens is 234 g/mol. The van der Waals surface area contributed by atoms with E-state index >= 15 is 0 Å². The highest BCUT2D eigenvalue weighted by atomic mass is 16.5. The number of nitrogens with one attached hydrogen (secondary N) is 1. The number of methoxy groups -OCH3 is 1. The summed E-state index contributed by atoms with van der Waals surface area (Å²) in [5.74, 6) is -0.607. The third-order valence-corrected chi connectivity index (χ3v) is 3.68. The quantitative estimate of drug-likeness (QED) is 0.692. The number of ether oxygens (including phenoxy) is 1. The number of amides is 1. The van der Waals surface area contributed by atoms with Crippen molar-refractivity contribution in [3.8, 4) is 0 Å². The molecule has 5 nitrogen and oxygen atoms in total. The smallest absolute Gasteiger partial charge is 0.303 e. The summed E-state index contributed by atoms with van der Waals surface area (Å²) in [7, 11) is 1.65. The summed E-state index contributed by atoms with van der Waals surface area (Å²) in [4.78, 5) is 22.2. The van der Waals surface area contributed by atoms with Gasteiger partial charge in [0.05, 0.1) is 12.0 Å². The van der Waals surface area contributed by atoms with Gasteiger partial charge >= 0.3 is 5.97 Å². The van der Waals surface area contributed by atoms with E-state index in [2.05, 4.69) is 5.32 Å². The molecule has 2 N–H and O–H groups in total. The summed E-state index contributed by atoms with van der Waals surface area (Å²) in [6.07, 6.45) is 4.17. The van der Waals surface area contributed by atoms with Gasteiger partial charge in [-0.05, 0) is 31.6 Å². The molecule has 0 saturated heterocycles. The van der Waals surface area contributed by atoms with E-state index in [1.807, 2.05) is 6.92 Å². The first-order valence-electron chi connectivity index (χ1n) is 6.51. The van der Waals surface area contributed by atoms with Gasteiger partial charge in [-0.3, -0.25) is 9.59 Å². The van der Waals surface area contributed by atoms with E-state index in [4.69, 9.17) is 9.84 Å². The summed E-state index contributed by atoms with van der Waals surface area (Å²) in [6, 6.07) is 0. The fourth-order valence-corrected chi connectivity index (χ4v) is 2.14. The number of carboxylic acid groups (broad SMARTS) is 1. The second-order valence-electron chi connectivity index (χ2n) is 5.26. The highest BCUT2D eigenvalue weighted by Crippen LogP contribution is 2.37. The first-order valence-corrected chi connectivity index (χ1v) is 6.51. The molecule has 1 aliphatic carbocycles. The average Bonchev–Trinajstić information content (AvgIpc) is 2.28. The minimum atomic E-state index is -0.791. The van der Waals surface area contributed by atoms with Gasteiger partial charge < -0.3 is 15.2 Å². The molecule has 5 heteroatoms. The van der Waals surface area contributed by atoms with Crippen molar-refractivity contribution in [1.82, 2.24) is 5.32 Å². The van der Waals surface area contributed by atoms with Crippen molar-refractivity contribution in [2.24, 2.45) is 5.92 Å². The Labute approximate surface area is 108 Å². The van der Waals surface area contributed by atoms with Crippen LogP contribution in [-0.4, -0.2) is 36.2 Å². The molecule has 1 aliphatic rings. The van der Waals surface area contributed by atoms with Crippen LogP contribution in [0.1, 0.15) is 45.4 Å². The van der Waals surface area contributed by atoms with Crippen LogP contribution in [-0.2, 0) is 14.3 Å². The lowest BCUT2D eigenvalue weighted by atomic mass is 9.77. The Morgan fingerprint density at radius 2 is 2.11 bits per heavy atom. The second-order valence-corrected chi connectivity index (χ2v) is 5.26. The minimum absolute atomic E-state index is 0.00118. The maximum absolute atomic E-state index is 11.7. The van der Waals surface area contributed by atoms with Gasteiger partial charge in [-0.2, -0.15) is 0 Å². The molecule has 104 valence electrons. The van der Waals surface area contributed by atoms with Crippen LogP contribution in [0.3, 0.4) is 0 Å². The summed E-state index contributed by atoms with van der Waals surface area (Å²) < 4.78 is 5.39. The molecular formula is C13H23NO4. The van der Waals surface area contributed by atoms with Gasteiger partial charge in [-0.1, -0.05) is 6.92 Å². The highest BCUT2D eigenvalue weighted by Gasteiger charge is 2.38. The first-order chi connectivity index (χ1) is 8.47. The predicted molar refractivity (Wildman–Crippen MR) is 67.3 cm³/mol. The lowest BCUT2D eigenvalue weighted by molar-refractivity contribution is -0.137. The van der Waals surface area contributed by atoms with Gasteiger partial charge in [0.1, 0.15) is 0 Å². The Bertz CT molecular complexity index is 294. The van der Waals surface area contributed by atoms with Gasteiger partial charge in [0.15, 0.2) is 0 Å². The molecule has 18 heavy (non-hydrogen) atoms. The lowest BCUT2D eigenvalue weighted by Crippen LogP contribution is -2.44. The molecule has 0 aromatic carbocycles. The van der Waals surface area contributed by atoms with E-state index in [1.54, 1.807) is 7.11 Å². The van der Waals surface area contributed by atoms with Crippen LogP contribution in [0.5, 0.6) is 0 Å². The molecule has 0 aliphatic heterocycles. The van der Waals surface area contributed by atoms with Crippen molar-refractivity contribution in [3.05, 3.63) is 0 Å². The zero-order valence-electron chi connectivity index (χ0n) is 11.2. The molecule has 0 heterocycles. The lowest BCUT2D eigenvalue weighted by Gasteiger charge is -2.40. The highest BCUT2D eigenvalue weighted by molar-refractivity contribution is 5.77. The second kappa shape index (κ2) is 6.73. The van der Waals surface area contributed by atoms with E-state index in [9.17, 15) is 9.59 Å². The first kappa shape index (κ1) is 15.0. The Morgan fingerprint density at radius 1 is 1.44 bits per heavy atom. The third-order valence-electron chi connectivity index (χ3n) is 3.68. The van der Waals surface area contributed by atoms with Crippen LogP contribution in [0, 0.1) is 5.92 Å². The predicted octanol–water partition coefficient (Wildman–Crippen LogP) is 1.56. The number of hydrogen-bond donors (Lipinski definition) is 2. The molecule has 1 atom stereocenters. The van der Waals surface area contributed by atoms with Crippen LogP contribution in [0.2, 0.25) is 0 Å². The van der Waals surface area contributed by atoms with Gasteiger partial charge in [0.2, 0.25) is 5.91 Å². The number of carboxylic acids is 1. The van der Waals surface area contributed by atoms with Gasteiger partial charge in [-0.25, -0.2) is 0 Å². The SMILES string of the molecule is COC1(CC(=O)NCC(C)CCC(=O)O)CCC1. The number of carbonyl (C=O) groups excluding carboxylic acids is 1. The van der Waals surface area contributed by atoms with Gasteiger partial charge in [0.25, 0.3) is 0 Å². The van der Waals surface area contributed by atoms with Crippen molar-refractivity contribution in [3.63, 3.8) is 0 Å². The zero-order chi connectivity index (χ0) is 13.6. The maximum atomic E-state index is 11.7. The Hall–Kier alpha value is -1.10. The van der Waals surface area contributed by atoms with E-state index in [-0.39, 0.29) is 23.8 Å². The third kappa shape index (κ3) is 4.64. The molecule has 1 rings (SSSR count).